The molecule has 0 bridgehead atoms. The second kappa shape index (κ2) is 7.09. The van der Waals surface area contributed by atoms with Gasteiger partial charge >= 0.3 is 7.12 Å². The van der Waals surface area contributed by atoms with Crippen LogP contribution in [0.3, 0.4) is 0 Å². The zero-order chi connectivity index (χ0) is 21.0. The molecule has 0 aliphatic carbocycles. The highest BCUT2D eigenvalue weighted by Gasteiger charge is 2.51. The molecular weight excluding hydrogens is 377 g/mol. The fourth-order valence-electron chi connectivity index (χ4n) is 3.86. The summed E-state index contributed by atoms with van der Waals surface area (Å²) >= 11 is 0. The van der Waals surface area contributed by atoms with Crippen LogP contribution >= 0.6 is 0 Å². The van der Waals surface area contributed by atoms with Crippen molar-refractivity contribution in [2.45, 2.75) is 64.4 Å². The molecule has 0 spiro atoms. The Labute approximate surface area is 169 Å². The molecular formula is C20H32BNO5S. The number of aliphatic hydroxyl groups is 1. The van der Waals surface area contributed by atoms with Crippen molar-refractivity contribution in [2.75, 3.05) is 24.6 Å². The van der Waals surface area contributed by atoms with Crippen molar-refractivity contribution in [3.8, 4) is 0 Å². The van der Waals surface area contributed by atoms with Gasteiger partial charge in [-0.05, 0) is 52.6 Å². The third-order valence-corrected chi connectivity index (χ3v) is 7.80. The van der Waals surface area contributed by atoms with Crippen LogP contribution in [0.5, 0.6) is 0 Å². The van der Waals surface area contributed by atoms with Gasteiger partial charge in [0.2, 0.25) is 0 Å². The molecule has 1 N–H and O–H groups in total. The Morgan fingerprint density at radius 2 is 1.50 bits per heavy atom. The smallest absolute Gasteiger partial charge is 0.399 e. The lowest BCUT2D eigenvalue weighted by atomic mass is 9.78. The van der Waals surface area contributed by atoms with Crippen LogP contribution in [0.2, 0.25) is 0 Å². The standard InChI is InChI=1S/C20H32BNO5S/c1-18(2,23)17(22-11-13-28(24,25)14-12-22)15-7-9-16(10-8-15)21-26-19(3,4)20(5,6)27-21/h7-10,17,23H,11-14H2,1-6H3. The summed E-state index contributed by atoms with van der Waals surface area (Å²) < 4.78 is 35.8. The van der Waals surface area contributed by atoms with Gasteiger partial charge in [0.15, 0.2) is 9.84 Å². The van der Waals surface area contributed by atoms with Crippen LogP contribution in [-0.4, -0.2) is 66.9 Å². The molecule has 2 heterocycles. The Morgan fingerprint density at radius 1 is 1.04 bits per heavy atom. The minimum atomic E-state index is -2.97. The highest BCUT2D eigenvalue weighted by molar-refractivity contribution is 7.91. The van der Waals surface area contributed by atoms with Crippen molar-refractivity contribution in [3.63, 3.8) is 0 Å². The van der Waals surface area contributed by atoms with E-state index in [0.29, 0.717) is 13.1 Å². The first-order valence-corrected chi connectivity index (χ1v) is 11.7. The predicted molar refractivity (Wildman–Crippen MR) is 111 cm³/mol. The summed E-state index contributed by atoms with van der Waals surface area (Å²) in [7, 11) is -3.40. The molecule has 0 amide bonds. The van der Waals surface area contributed by atoms with Gasteiger partial charge in [-0.1, -0.05) is 24.3 Å². The van der Waals surface area contributed by atoms with E-state index in [1.807, 2.05) is 52.0 Å². The minimum Gasteiger partial charge on any atom is -0.399 e. The Balaban J connectivity index is 1.82. The van der Waals surface area contributed by atoms with E-state index in [0.717, 1.165) is 11.0 Å². The number of rotatable bonds is 4. The van der Waals surface area contributed by atoms with Gasteiger partial charge in [0.05, 0.1) is 34.4 Å². The van der Waals surface area contributed by atoms with E-state index in [4.69, 9.17) is 9.31 Å². The van der Waals surface area contributed by atoms with E-state index in [2.05, 4.69) is 4.90 Å². The molecule has 6 nitrogen and oxygen atoms in total. The zero-order valence-corrected chi connectivity index (χ0v) is 18.5. The quantitative estimate of drug-likeness (QED) is 0.761. The second-order valence-electron chi connectivity index (χ2n) is 9.50. The van der Waals surface area contributed by atoms with E-state index >= 15 is 0 Å². The van der Waals surface area contributed by atoms with Crippen molar-refractivity contribution in [3.05, 3.63) is 29.8 Å². The molecule has 28 heavy (non-hydrogen) atoms. The highest BCUT2D eigenvalue weighted by atomic mass is 32.2. The van der Waals surface area contributed by atoms with Crippen LogP contribution in [0.1, 0.15) is 53.1 Å². The van der Waals surface area contributed by atoms with Crippen molar-refractivity contribution in [2.24, 2.45) is 0 Å². The normalized spacial score (nSPS) is 25.6. The molecule has 0 aromatic heterocycles. The monoisotopic (exact) mass is 409 g/mol. The maximum atomic E-state index is 11.8. The van der Waals surface area contributed by atoms with Gasteiger partial charge in [0, 0.05) is 13.1 Å². The maximum absolute atomic E-state index is 11.8. The highest BCUT2D eigenvalue weighted by Crippen LogP contribution is 2.37. The molecule has 156 valence electrons. The van der Waals surface area contributed by atoms with Crippen LogP contribution in [0.15, 0.2) is 24.3 Å². The number of nitrogens with zero attached hydrogens (tertiary/aromatic N) is 1. The topological polar surface area (TPSA) is 76.1 Å². The summed E-state index contributed by atoms with van der Waals surface area (Å²) in [5.41, 5.74) is 0.0777. The SMILES string of the molecule is CC(C)(O)C(c1ccc(B2OC(C)(C)C(C)(C)O2)cc1)N1CCS(=O)(=O)CC1. The lowest BCUT2D eigenvalue weighted by molar-refractivity contribution is -0.0188. The number of hydrogen-bond donors (Lipinski definition) is 1. The van der Waals surface area contributed by atoms with Gasteiger partial charge < -0.3 is 14.4 Å². The lowest BCUT2D eigenvalue weighted by Crippen LogP contribution is -2.49. The van der Waals surface area contributed by atoms with Gasteiger partial charge in [0.25, 0.3) is 0 Å². The van der Waals surface area contributed by atoms with Gasteiger partial charge in [0.1, 0.15) is 0 Å². The number of hydrogen-bond acceptors (Lipinski definition) is 6. The summed E-state index contributed by atoms with van der Waals surface area (Å²) in [6.45, 7) is 12.5. The molecule has 8 heteroatoms. The molecule has 1 aromatic carbocycles. The largest absolute Gasteiger partial charge is 0.494 e. The fourth-order valence-corrected chi connectivity index (χ4v) is 5.09. The first-order valence-electron chi connectivity index (χ1n) is 9.84. The van der Waals surface area contributed by atoms with E-state index in [1.54, 1.807) is 13.8 Å². The predicted octanol–water partition coefficient (Wildman–Crippen LogP) is 1.53. The number of benzene rings is 1. The minimum absolute atomic E-state index is 0.131. The van der Waals surface area contributed by atoms with Crippen LogP contribution in [-0.2, 0) is 19.1 Å². The molecule has 0 radical (unpaired) electrons. The molecule has 1 aromatic rings. The molecule has 2 aliphatic heterocycles. The van der Waals surface area contributed by atoms with Crippen molar-refractivity contribution in [1.29, 1.82) is 0 Å². The maximum Gasteiger partial charge on any atom is 0.494 e. The van der Waals surface area contributed by atoms with Gasteiger partial charge in [-0.15, -0.1) is 0 Å². The van der Waals surface area contributed by atoms with Crippen LogP contribution in [0.25, 0.3) is 0 Å². The molecule has 3 rings (SSSR count). The first kappa shape index (κ1) is 21.8. The van der Waals surface area contributed by atoms with E-state index in [1.165, 1.54) is 0 Å². The average Bonchev–Trinajstić information content (AvgIpc) is 2.77. The van der Waals surface area contributed by atoms with Gasteiger partial charge in [-0.25, -0.2) is 8.42 Å². The van der Waals surface area contributed by atoms with E-state index in [-0.39, 0.29) is 17.5 Å². The zero-order valence-electron chi connectivity index (χ0n) is 17.7. The van der Waals surface area contributed by atoms with Gasteiger partial charge in [-0.3, -0.25) is 4.90 Å². The third-order valence-electron chi connectivity index (χ3n) is 6.19. The lowest BCUT2D eigenvalue weighted by Gasteiger charge is -2.41. The average molecular weight is 409 g/mol. The summed E-state index contributed by atoms with van der Waals surface area (Å²) in [5, 5.41) is 10.8. The Morgan fingerprint density at radius 3 is 1.93 bits per heavy atom. The van der Waals surface area contributed by atoms with Gasteiger partial charge in [-0.2, -0.15) is 0 Å². The summed E-state index contributed by atoms with van der Waals surface area (Å²) in [5.74, 6) is 0.261. The van der Waals surface area contributed by atoms with E-state index < -0.39 is 33.8 Å². The van der Waals surface area contributed by atoms with Crippen molar-refractivity contribution >= 4 is 22.4 Å². The molecule has 2 aliphatic rings. The molecule has 2 saturated heterocycles. The Kier molecular flexibility index (Phi) is 5.52. The van der Waals surface area contributed by atoms with Crippen LogP contribution in [0.4, 0.5) is 0 Å². The first-order chi connectivity index (χ1) is 12.7. The number of sulfone groups is 1. The molecule has 0 saturated carbocycles. The molecule has 2 fully saturated rings. The summed E-state index contributed by atoms with van der Waals surface area (Å²) in [4.78, 5) is 2.06. The second-order valence-corrected chi connectivity index (χ2v) is 11.8. The van der Waals surface area contributed by atoms with Crippen LogP contribution < -0.4 is 5.46 Å². The molecule has 1 atom stereocenters. The van der Waals surface area contributed by atoms with Crippen molar-refractivity contribution in [1.82, 2.24) is 4.90 Å². The summed E-state index contributed by atoms with van der Waals surface area (Å²) in [6, 6.07) is 7.61. The Bertz CT molecular complexity index is 784. The van der Waals surface area contributed by atoms with Crippen molar-refractivity contribution < 1.29 is 22.8 Å². The fraction of sp³-hybridized carbons (Fsp3) is 0.700. The Hall–Kier alpha value is -0.925. The van der Waals surface area contributed by atoms with E-state index in [9.17, 15) is 13.5 Å². The van der Waals surface area contributed by atoms with Crippen LogP contribution in [0, 0.1) is 0 Å². The third kappa shape index (κ3) is 4.31. The molecule has 1 unspecified atom stereocenters. The summed E-state index contributed by atoms with van der Waals surface area (Å²) in [6.07, 6.45) is 0.